The van der Waals surface area contributed by atoms with Gasteiger partial charge in [-0.15, -0.1) is 0 Å². The molecule has 0 saturated carbocycles. The zero-order chi connectivity index (χ0) is 11.3. The smallest absolute Gasteiger partial charge is 0.225 e. The maximum atomic E-state index is 11.4. The molecule has 0 aromatic heterocycles. The van der Waals surface area contributed by atoms with E-state index in [0.717, 1.165) is 22.1 Å². The highest BCUT2D eigenvalue weighted by Gasteiger charge is 2.05. The number of benzene rings is 1. The van der Waals surface area contributed by atoms with E-state index >= 15 is 0 Å². The van der Waals surface area contributed by atoms with Gasteiger partial charge in [0, 0.05) is 21.9 Å². The number of anilines is 1. The standard InChI is InChI=1S/C11H13Br2NO/c1-2-8-7-9(13)3-4-10(8)14-11(15)5-6-12/h3-4,7H,2,5-6H2,1H3,(H,14,15). The van der Waals surface area contributed by atoms with E-state index < -0.39 is 0 Å². The van der Waals surface area contributed by atoms with Gasteiger partial charge in [-0.05, 0) is 30.2 Å². The molecule has 0 aliphatic heterocycles. The van der Waals surface area contributed by atoms with Crippen molar-refractivity contribution < 1.29 is 4.79 Å². The maximum absolute atomic E-state index is 11.4. The lowest BCUT2D eigenvalue weighted by Crippen LogP contribution is -2.12. The lowest BCUT2D eigenvalue weighted by atomic mass is 10.1. The summed E-state index contributed by atoms with van der Waals surface area (Å²) < 4.78 is 1.04. The van der Waals surface area contributed by atoms with Crippen LogP contribution in [0.4, 0.5) is 5.69 Å². The Kier molecular flexibility index (Phi) is 5.32. The highest BCUT2D eigenvalue weighted by Crippen LogP contribution is 2.21. The lowest BCUT2D eigenvalue weighted by molar-refractivity contribution is -0.115. The van der Waals surface area contributed by atoms with Crippen molar-refractivity contribution in [2.75, 3.05) is 10.6 Å². The molecule has 0 heterocycles. The molecule has 15 heavy (non-hydrogen) atoms. The summed E-state index contributed by atoms with van der Waals surface area (Å²) in [5.41, 5.74) is 2.05. The van der Waals surface area contributed by atoms with Crippen LogP contribution in [0.5, 0.6) is 0 Å². The fourth-order valence-electron chi connectivity index (χ4n) is 1.28. The summed E-state index contributed by atoms with van der Waals surface area (Å²) in [4.78, 5) is 11.4. The second kappa shape index (κ2) is 6.28. The lowest BCUT2D eigenvalue weighted by Gasteiger charge is -2.09. The number of nitrogens with one attached hydrogen (secondary N) is 1. The minimum absolute atomic E-state index is 0.0453. The molecule has 4 heteroatoms. The van der Waals surface area contributed by atoms with Crippen LogP contribution in [0.3, 0.4) is 0 Å². The molecule has 2 nitrogen and oxygen atoms in total. The van der Waals surface area contributed by atoms with E-state index in [1.54, 1.807) is 0 Å². The van der Waals surface area contributed by atoms with Gasteiger partial charge in [-0.3, -0.25) is 4.79 Å². The number of amides is 1. The molecule has 0 unspecified atom stereocenters. The van der Waals surface area contributed by atoms with Gasteiger partial charge in [0.2, 0.25) is 5.91 Å². The van der Waals surface area contributed by atoms with Crippen LogP contribution in [0.15, 0.2) is 22.7 Å². The molecule has 0 spiro atoms. The number of rotatable bonds is 4. The van der Waals surface area contributed by atoms with Crippen molar-refractivity contribution in [2.45, 2.75) is 19.8 Å². The molecule has 0 bridgehead atoms. The maximum Gasteiger partial charge on any atom is 0.225 e. The van der Waals surface area contributed by atoms with Crippen molar-refractivity contribution in [3.8, 4) is 0 Å². The van der Waals surface area contributed by atoms with E-state index in [4.69, 9.17) is 0 Å². The third-order valence-electron chi connectivity index (χ3n) is 2.04. The summed E-state index contributed by atoms with van der Waals surface area (Å²) in [7, 11) is 0. The van der Waals surface area contributed by atoms with E-state index in [9.17, 15) is 4.79 Å². The van der Waals surface area contributed by atoms with Crippen LogP contribution in [0.25, 0.3) is 0 Å². The highest BCUT2D eigenvalue weighted by atomic mass is 79.9. The monoisotopic (exact) mass is 333 g/mol. The topological polar surface area (TPSA) is 29.1 Å². The van der Waals surface area contributed by atoms with Gasteiger partial charge in [-0.25, -0.2) is 0 Å². The van der Waals surface area contributed by atoms with Crippen molar-refractivity contribution in [1.29, 1.82) is 0 Å². The number of carbonyl (C=O) groups is 1. The predicted molar refractivity (Wildman–Crippen MR) is 70.6 cm³/mol. The molecule has 1 amide bonds. The summed E-state index contributed by atoms with van der Waals surface area (Å²) in [6.07, 6.45) is 1.41. The van der Waals surface area contributed by atoms with E-state index in [1.807, 2.05) is 18.2 Å². The molecule has 1 aromatic carbocycles. The van der Waals surface area contributed by atoms with Gasteiger partial charge in [0.25, 0.3) is 0 Å². The van der Waals surface area contributed by atoms with Gasteiger partial charge >= 0.3 is 0 Å². The quantitative estimate of drug-likeness (QED) is 0.835. The van der Waals surface area contributed by atoms with E-state index in [2.05, 4.69) is 44.1 Å². The van der Waals surface area contributed by atoms with Gasteiger partial charge < -0.3 is 5.32 Å². The number of hydrogen-bond donors (Lipinski definition) is 1. The van der Waals surface area contributed by atoms with E-state index in [1.165, 1.54) is 0 Å². The third-order valence-corrected chi connectivity index (χ3v) is 2.93. The second-order valence-electron chi connectivity index (χ2n) is 3.14. The minimum atomic E-state index is 0.0453. The Bertz CT molecular complexity index is 352. The molecule has 82 valence electrons. The number of aryl methyl sites for hydroxylation is 1. The first kappa shape index (κ1) is 12.7. The predicted octanol–water partition coefficient (Wildman–Crippen LogP) is 3.74. The first-order valence-corrected chi connectivity index (χ1v) is 6.73. The zero-order valence-corrected chi connectivity index (χ0v) is 11.7. The fourth-order valence-corrected chi connectivity index (χ4v) is 2.04. The van der Waals surface area contributed by atoms with Gasteiger partial charge in [-0.1, -0.05) is 38.8 Å². The van der Waals surface area contributed by atoms with Crippen molar-refractivity contribution in [3.63, 3.8) is 0 Å². The molecular formula is C11H13Br2NO. The molecule has 0 radical (unpaired) electrons. The van der Waals surface area contributed by atoms with Crippen molar-refractivity contribution in [3.05, 3.63) is 28.2 Å². The summed E-state index contributed by atoms with van der Waals surface area (Å²) in [6, 6.07) is 5.89. The molecule has 1 rings (SSSR count). The average molecular weight is 335 g/mol. The molecule has 0 saturated heterocycles. The van der Waals surface area contributed by atoms with Crippen LogP contribution in [0.2, 0.25) is 0 Å². The van der Waals surface area contributed by atoms with Gasteiger partial charge in [0.15, 0.2) is 0 Å². The molecule has 0 fully saturated rings. The first-order chi connectivity index (χ1) is 7.17. The van der Waals surface area contributed by atoms with Crippen molar-refractivity contribution in [1.82, 2.24) is 0 Å². The molecule has 1 N–H and O–H groups in total. The molecule has 0 aliphatic rings. The Hall–Kier alpha value is -0.350. The third kappa shape index (κ3) is 3.95. The second-order valence-corrected chi connectivity index (χ2v) is 4.85. The first-order valence-electron chi connectivity index (χ1n) is 4.81. The van der Waals surface area contributed by atoms with Crippen LogP contribution in [0, 0.1) is 0 Å². The van der Waals surface area contributed by atoms with Gasteiger partial charge in [-0.2, -0.15) is 0 Å². The zero-order valence-electron chi connectivity index (χ0n) is 8.52. The van der Waals surface area contributed by atoms with E-state index in [0.29, 0.717) is 11.8 Å². The van der Waals surface area contributed by atoms with E-state index in [-0.39, 0.29) is 5.91 Å². The largest absolute Gasteiger partial charge is 0.326 e. The fraction of sp³-hybridized carbons (Fsp3) is 0.364. The number of hydrogen-bond acceptors (Lipinski definition) is 1. The molecular weight excluding hydrogens is 322 g/mol. The minimum Gasteiger partial charge on any atom is -0.326 e. The van der Waals surface area contributed by atoms with Crippen molar-refractivity contribution >= 4 is 43.5 Å². The number of carbonyl (C=O) groups excluding carboxylic acids is 1. The Morgan fingerprint density at radius 3 is 2.80 bits per heavy atom. The summed E-state index contributed by atoms with van der Waals surface area (Å²) >= 11 is 6.66. The van der Waals surface area contributed by atoms with Crippen LogP contribution >= 0.6 is 31.9 Å². The highest BCUT2D eigenvalue weighted by molar-refractivity contribution is 9.10. The Morgan fingerprint density at radius 2 is 2.20 bits per heavy atom. The molecule has 1 aromatic rings. The van der Waals surface area contributed by atoms with Crippen LogP contribution in [-0.4, -0.2) is 11.2 Å². The number of alkyl halides is 1. The average Bonchev–Trinajstić information content (AvgIpc) is 2.21. The molecule has 0 atom stereocenters. The summed E-state index contributed by atoms with van der Waals surface area (Å²) in [5, 5.41) is 3.59. The SMILES string of the molecule is CCc1cc(Br)ccc1NC(=O)CCBr. The summed E-state index contributed by atoms with van der Waals surface area (Å²) in [6.45, 7) is 2.07. The van der Waals surface area contributed by atoms with Crippen LogP contribution in [-0.2, 0) is 11.2 Å². The van der Waals surface area contributed by atoms with Crippen molar-refractivity contribution in [2.24, 2.45) is 0 Å². The van der Waals surface area contributed by atoms with Gasteiger partial charge in [0.05, 0.1) is 0 Å². The number of halogens is 2. The molecule has 0 aliphatic carbocycles. The Balaban J connectivity index is 2.80. The Labute approximate surface area is 107 Å². The van der Waals surface area contributed by atoms with Crippen LogP contribution < -0.4 is 5.32 Å². The Morgan fingerprint density at radius 1 is 1.47 bits per heavy atom. The normalized spacial score (nSPS) is 10.1. The van der Waals surface area contributed by atoms with Crippen LogP contribution in [0.1, 0.15) is 18.9 Å². The van der Waals surface area contributed by atoms with Gasteiger partial charge in [0.1, 0.15) is 0 Å². The summed E-state index contributed by atoms with van der Waals surface area (Å²) in [5.74, 6) is 0.0453.